The third kappa shape index (κ3) is 6.11. The molecule has 0 amide bonds. The molecule has 1 aliphatic carbocycles. The molecule has 10 nitrogen and oxygen atoms in total. The van der Waals surface area contributed by atoms with Crippen LogP contribution in [-0.4, -0.2) is 77.3 Å². The van der Waals surface area contributed by atoms with Gasteiger partial charge in [0.05, 0.1) is 31.0 Å². The Hall–Kier alpha value is -0.850. The number of unbranched alkanes of at least 4 members (excludes halogenated alkanes) is 1. The highest BCUT2D eigenvalue weighted by Gasteiger charge is 2.69. The zero-order valence-corrected chi connectivity index (χ0v) is 24.8. The van der Waals surface area contributed by atoms with Gasteiger partial charge in [0.2, 0.25) is 5.79 Å². The number of aliphatic hydroxyl groups is 2. The van der Waals surface area contributed by atoms with Crippen molar-refractivity contribution in [3.05, 3.63) is 0 Å². The second kappa shape index (κ2) is 12.4. The largest absolute Gasteiger partial charge is 0.466 e. The number of fused-ring (bicyclic) bond motifs is 2. The van der Waals surface area contributed by atoms with E-state index in [-0.39, 0.29) is 42.5 Å². The summed E-state index contributed by atoms with van der Waals surface area (Å²) in [7, 11) is 0. The molecule has 230 valence electrons. The van der Waals surface area contributed by atoms with Gasteiger partial charge in [-0.15, -0.1) is 0 Å². The Morgan fingerprint density at radius 1 is 1.02 bits per heavy atom. The van der Waals surface area contributed by atoms with Gasteiger partial charge in [0, 0.05) is 31.6 Å². The molecule has 10 heteroatoms. The Morgan fingerprint density at radius 2 is 1.82 bits per heavy atom. The monoisotopic (exact) mass is 570 g/mol. The molecule has 0 aromatic heterocycles. The summed E-state index contributed by atoms with van der Waals surface area (Å²) in [6, 6.07) is 0. The van der Waals surface area contributed by atoms with Crippen LogP contribution in [0.1, 0.15) is 98.8 Å². The zero-order valence-electron chi connectivity index (χ0n) is 24.8. The summed E-state index contributed by atoms with van der Waals surface area (Å²) in [6.07, 6.45) is 4.13. The molecule has 5 aliphatic heterocycles. The lowest BCUT2D eigenvalue weighted by Crippen LogP contribution is -2.70. The fourth-order valence-electron chi connectivity index (χ4n) is 7.73. The van der Waals surface area contributed by atoms with Crippen molar-refractivity contribution in [2.45, 2.75) is 153 Å². The standard InChI is InChI=1S/C30H50O10/c1-17-10-11-22-19(3)25(37-28-30(22)21(17)12-14-29(5,38-28)39-40-30)13-15-34-26(33)9-7-6-8-18(2)35-27-24(32)16-23(31)20(4)36-27/h17-25,27-28,31-32H,6-16H2,1-5H3/t17-,18+,19-,20+,21+,22+,23-,24?,25-,27-,28?,29+,30-/m1/s1. The fraction of sp³-hybridized carbons (Fsp3) is 0.967. The van der Waals surface area contributed by atoms with Crippen LogP contribution in [0.25, 0.3) is 0 Å². The fourth-order valence-corrected chi connectivity index (χ4v) is 7.73. The van der Waals surface area contributed by atoms with Gasteiger partial charge in [-0.25, -0.2) is 9.78 Å². The Labute approximate surface area is 238 Å². The molecule has 2 bridgehead atoms. The van der Waals surface area contributed by atoms with Crippen molar-refractivity contribution in [1.29, 1.82) is 0 Å². The average molecular weight is 571 g/mol. The lowest BCUT2D eigenvalue weighted by molar-refractivity contribution is -0.571. The summed E-state index contributed by atoms with van der Waals surface area (Å²) in [4.78, 5) is 24.5. The van der Waals surface area contributed by atoms with Gasteiger partial charge in [-0.2, -0.15) is 0 Å². The molecule has 1 spiro atoms. The van der Waals surface area contributed by atoms with E-state index in [0.29, 0.717) is 37.7 Å². The van der Waals surface area contributed by atoms with Gasteiger partial charge in [0.1, 0.15) is 6.10 Å². The zero-order chi connectivity index (χ0) is 28.7. The van der Waals surface area contributed by atoms with E-state index in [1.165, 1.54) is 0 Å². The van der Waals surface area contributed by atoms with Crippen LogP contribution in [0.2, 0.25) is 0 Å². The minimum absolute atomic E-state index is 0.0757. The van der Waals surface area contributed by atoms with E-state index in [0.717, 1.165) is 38.5 Å². The van der Waals surface area contributed by atoms with Crippen LogP contribution >= 0.6 is 0 Å². The summed E-state index contributed by atoms with van der Waals surface area (Å²) < 4.78 is 30.0. The van der Waals surface area contributed by atoms with Crippen LogP contribution < -0.4 is 0 Å². The van der Waals surface area contributed by atoms with Crippen molar-refractivity contribution in [3.8, 4) is 0 Å². The van der Waals surface area contributed by atoms with E-state index < -0.39 is 36.2 Å². The quantitative estimate of drug-likeness (QED) is 0.226. The van der Waals surface area contributed by atoms with Crippen LogP contribution in [0.5, 0.6) is 0 Å². The molecule has 2 N–H and O–H groups in total. The van der Waals surface area contributed by atoms with E-state index >= 15 is 0 Å². The Kier molecular flexibility index (Phi) is 9.49. The van der Waals surface area contributed by atoms with E-state index in [2.05, 4.69) is 13.8 Å². The molecule has 5 heterocycles. The van der Waals surface area contributed by atoms with Crippen LogP contribution in [0.3, 0.4) is 0 Å². The molecule has 40 heavy (non-hydrogen) atoms. The maximum atomic E-state index is 12.4. The molecule has 13 atom stereocenters. The second-order valence-corrected chi connectivity index (χ2v) is 13.2. The number of rotatable bonds is 10. The van der Waals surface area contributed by atoms with Crippen molar-refractivity contribution in [2.75, 3.05) is 6.61 Å². The third-order valence-electron chi connectivity index (χ3n) is 10.3. The van der Waals surface area contributed by atoms with Crippen LogP contribution in [0.15, 0.2) is 0 Å². The van der Waals surface area contributed by atoms with Crippen LogP contribution in [0.4, 0.5) is 0 Å². The molecule has 6 aliphatic rings. The molecular formula is C30H50O10. The molecule has 6 rings (SSSR count). The Balaban J connectivity index is 1.03. The number of hydrogen-bond donors (Lipinski definition) is 2. The predicted molar refractivity (Wildman–Crippen MR) is 142 cm³/mol. The van der Waals surface area contributed by atoms with E-state index in [9.17, 15) is 15.0 Å². The third-order valence-corrected chi connectivity index (χ3v) is 10.3. The highest BCUT2D eigenvalue weighted by atomic mass is 17.3. The summed E-state index contributed by atoms with van der Waals surface area (Å²) in [5.41, 5.74) is -0.568. The lowest BCUT2D eigenvalue weighted by Gasteiger charge is -2.60. The highest BCUT2D eigenvalue weighted by molar-refractivity contribution is 5.69. The molecule has 0 aromatic rings. The number of hydrogen-bond acceptors (Lipinski definition) is 10. The van der Waals surface area contributed by atoms with Gasteiger partial charge in [-0.05, 0) is 70.6 Å². The number of ether oxygens (including phenoxy) is 5. The first-order chi connectivity index (χ1) is 19.0. The molecule has 0 radical (unpaired) electrons. The average Bonchev–Trinajstić information content (AvgIpc) is 3.14. The van der Waals surface area contributed by atoms with Crippen molar-refractivity contribution in [3.63, 3.8) is 0 Å². The van der Waals surface area contributed by atoms with Gasteiger partial charge < -0.3 is 33.9 Å². The molecule has 6 fully saturated rings. The van der Waals surface area contributed by atoms with Crippen LogP contribution in [-0.2, 0) is 38.3 Å². The van der Waals surface area contributed by atoms with E-state index in [1.807, 2.05) is 13.8 Å². The van der Waals surface area contributed by atoms with Gasteiger partial charge in [0.25, 0.3) is 0 Å². The molecule has 2 unspecified atom stereocenters. The van der Waals surface area contributed by atoms with Gasteiger partial charge in [-0.3, -0.25) is 4.79 Å². The van der Waals surface area contributed by atoms with Gasteiger partial charge >= 0.3 is 5.97 Å². The van der Waals surface area contributed by atoms with Crippen LogP contribution in [0, 0.1) is 23.7 Å². The number of carbonyl (C=O) groups excluding carboxylic acids is 1. The van der Waals surface area contributed by atoms with Gasteiger partial charge in [0.15, 0.2) is 18.2 Å². The summed E-state index contributed by atoms with van der Waals surface area (Å²) in [5.74, 6) is 0.378. The van der Waals surface area contributed by atoms with E-state index in [4.69, 9.17) is 33.5 Å². The topological polar surface area (TPSA) is 122 Å². The number of aliphatic hydroxyl groups excluding tert-OH is 2. The predicted octanol–water partition coefficient (Wildman–Crippen LogP) is 3.99. The Morgan fingerprint density at radius 3 is 2.62 bits per heavy atom. The first kappa shape index (κ1) is 30.6. The number of carbonyl (C=O) groups is 1. The molecule has 5 saturated heterocycles. The minimum atomic E-state index is -0.846. The van der Waals surface area contributed by atoms with Crippen molar-refractivity contribution < 1.29 is 48.5 Å². The van der Waals surface area contributed by atoms with Crippen molar-refractivity contribution >= 4 is 5.97 Å². The van der Waals surface area contributed by atoms with Crippen molar-refractivity contribution in [2.24, 2.45) is 23.7 Å². The summed E-state index contributed by atoms with van der Waals surface area (Å²) >= 11 is 0. The maximum Gasteiger partial charge on any atom is 0.305 e. The smallest absolute Gasteiger partial charge is 0.305 e. The van der Waals surface area contributed by atoms with Gasteiger partial charge in [-0.1, -0.05) is 20.3 Å². The summed E-state index contributed by atoms with van der Waals surface area (Å²) in [6.45, 7) is 10.5. The second-order valence-electron chi connectivity index (χ2n) is 13.2. The maximum absolute atomic E-state index is 12.4. The first-order valence-corrected chi connectivity index (χ1v) is 15.5. The SMILES string of the molecule is C[C@H]1[C@@H](CCOC(=O)CCCC[C@H](C)O[C@@H]2O[C@@H](C)[C@H](O)CC2O)OC2O[C@]3(C)CC[C@H]4[C@H](C)CC[C@@H]1[C@@]24OO3. The van der Waals surface area contributed by atoms with Crippen molar-refractivity contribution in [1.82, 2.24) is 0 Å². The number of esters is 1. The normalized spacial score (nSPS) is 47.3. The Bertz CT molecular complexity index is 871. The lowest BCUT2D eigenvalue weighted by atomic mass is 9.57. The molecular weight excluding hydrogens is 520 g/mol. The molecule has 1 saturated carbocycles. The molecule has 0 aromatic carbocycles. The van der Waals surface area contributed by atoms with E-state index in [1.54, 1.807) is 6.92 Å². The minimum Gasteiger partial charge on any atom is -0.466 e. The first-order valence-electron chi connectivity index (χ1n) is 15.5. The highest BCUT2D eigenvalue weighted by Crippen LogP contribution is 2.60. The summed E-state index contributed by atoms with van der Waals surface area (Å²) in [5, 5.41) is 19.9.